The monoisotopic (exact) mass is 372 g/mol. The van der Waals surface area contributed by atoms with E-state index in [2.05, 4.69) is 34.8 Å². The SMILES string of the molecule is CCCCOc1ccc(C(O)Nc2ccc(NCC(CC)NC)nc2)cc1. The summed E-state index contributed by atoms with van der Waals surface area (Å²) in [6.07, 6.45) is 4.12. The van der Waals surface area contributed by atoms with Crippen LogP contribution in [0.2, 0.25) is 0 Å². The fraction of sp³-hybridized carbons (Fsp3) is 0.476. The summed E-state index contributed by atoms with van der Waals surface area (Å²) in [5.41, 5.74) is 1.54. The maximum atomic E-state index is 10.4. The molecule has 0 bridgehead atoms. The molecule has 2 unspecified atom stereocenters. The van der Waals surface area contributed by atoms with Crippen LogP contribution in [-0.4, -0.2) is 36.3 Å². The van der Waals surface area contributed by atoms with Crippen LogP contribution in [0, 0.1) is 0 Å². The third-order valence-corrected chi connectivity index (χ3v) is 4.46. The molecule has 0 amide bonds. The van der Waals surface area contributed by atoms with Gasteiger partial charge in [-0.1, -0.05) is 32.4 Å². The third kappa shape index (κ3) is 7.07. The number of benzene rings is 1. The summed E-state index contributed by atoms with van der Waals surface area (Å²) in [5.74, 6) is 1.64. The Kier molecular flexibility index (Phi) is 8.87. The second-order valence-electron chi connectivity index (χ2n) is 6.52. The standard InChI is InChI=1S/C21H32N4O2/c1-4-6-13-27-19-10-7-16(8-11-19)21(26)25-18-9-12-20(24-15-18)23-14-17(5-2)22-3/h7-12,15,17,21-22,25-26H,4-6,13-14H2,1-3H3,(H,23,24). The molecule has 6 nitrogen and oxygen atoms in total. The van der Waals surface area contributed by atoms with Crippen molar-refractivity contribution in [2.75, 3.05) is 30.8 Å². The maximum absolute atomic E-state index is 10.4. The number of aliphatic hydroxyl groups excluding tert-OH is 1. The van der Waals surface area contributed by atoms with Crippen LogP contribution in [-0.2, 0) is 0 Å². The Morgan fingerprint density at radius 2 is 1.89 bits per heavy atom. The topological polar surface area (TPSA) is 78.4 Å². The van der Waals surface area contributed by atoms with E-state index in [0.717, 1.165) is 55.2 Å². The maximum Gasteiger partial charge on any atom is 0.150 e. The molecule has 0 fully saturated rings. The predicted molar refractivity (Wildman–Crippen MR) is 111 cm³/mol. The molecule has 0 aliphatic rings. The van der Waals surface area contributed by atoms with Crippen LogP contribution < -0.4 is 20.7 Å². The van der Waals surface area contributed by atoms with Crippen molar-refractivity contribution in [2.45, 2.75) is 45.4 Å². The van der Waals surface area contributed by atoms with Gasteiger partial charge in [-0.25, -0.2) is 4.98 Å². The van der Waals surface area contributed by atoms with Crippen molar-refractivity contribution in [3.05, 3.63) is 48.2 Å². The van der Waals surface area contributed by atoms with Crippen molar-refractivity contribution in [2.24, 2.45) is 0 Å². The van der Waals surface area contributed by atoms with E-state index >= 15 is 0 Å². The molecule has 0 aliphatic heterocycles. The Labute approximate surface area is 162 Å². The Bertz CT molecular complexity index is 642. The van der Waals surface area contributed by atoms with Gasteiger partial charge in [-0.2, -0.15) is 0 Å². The summed E-state index contributed by atoms with van der Waals surface area (Å²) < 4.78 is 5.65. The lowest BCUT2D eigenvalue weighted by Crippen LogP contribution is -2.32. The first kappa shape index (κ1) is 21.0. The molecule has 2 aromatic rings. The third-order valence-electron chi connectivity index (χ3n) is 4.46. The van der Waals surface area contributed by atoms with Crippen molar-refractivity contribution < 1.29 is 9.84 Å². The zero-order chi connectivity index (χ0) is 19.5. The Hall–Kier alpha value is -2.31. The van der Waals surface area contributed by atoms with Crippen LogP contribution >= 0.6 is 0 Å². The van der Waals surface area contributed by atoms with E-state index in [1.54, 1.807) is 6.20 Å². The van der Waals surface area contributed by atoms with E-state index in [9.17, 15) is 5.11 Å². The summed E-state index contributed by atoms with van der Waals surface area (Å²) in [6, 6.07) is 11.7. The van der Waals surface area contributed by atoms with Crippen LogP contribution in [0.4, 0.5) is 11.5 Å². The fourth-order valence-electron chi connectivity index (χ4n) is 2.58. The molecule has 0 saturated heterocycles. The number of nitrogens with zero attached hydrogens (tertiary/aromatic N) is 1. The normalized spacial score (nSPS) is 13.0. The summed E-state index contributed by atoms with van der Waals surface area (Å²) in [5, 5.41) is 20.0. The average Bonchev–Trinajstić information content (AvgIpc) is 2.70. The van der Waals surface area contributed by atoms with E-state index in [0.29, 0.717) is 6.04 Å². The number of hydrogen-bond donors (Lipinski definition) is 4. The molecular formula is C21H32N4O2. The molecular weight excluding hydrogens is 340 g/mol. The zero-order valence-corrected chi connectivity index (χ0v) is 16.5. The summed E-state index contributed by atoms with van der Waals surface area (Å²) in [7, 11) is 1.96. The van der Waals surface area contributed by atoms with E-state index in [4.69, 9.17) is 4.74 Å². The molecule has 0 radical (unpaired) electrons. The molecule has 0 aliphatic carbocycles. The number of ether oxygens (including phenoxy) is 1. The Morgan fingerprint density at radius 1 is 1.11 bits per heavy atom. The van der Waals surface area contributed by atoms with Crippen molar-refractivity contribution in [3.63, 3.8) is 0 Å². The van der Waals surface area contributed by atoms with E-state index in [1.807, 2.05) is 43.4 Å². The molecule has 0 saturated carbocycles. The molecule has 2 rings (SSSR count). The lowest BCUT2D eigenvalue weighted by Gasteiger charge is -2.17. The molecule has 1 aromatic carbocycles. The molecule has 1 aromatic heterocycles. The van der Waals surface area contributed by atoms with Crippen LogP contribution in [0.15, 0.2) is 42.6 Å². The van der Waals surface area contributed by atoms with Gasteiger partial charge in [-0.3, -0.25) is 0 Å². The highest BCUT2D eigenvalue weighted by Gasteiger charge is 2.08. The van der Waals surface area contributed by atoms with Crippen molar-refractivity contribution in [3.8, 4) is 5.75 Å². The van der Waals surface area contributed by atoms with Gasteiger partial charge in [0.15, 0.2) is 6.23 Å². The van der Waals surface area contributed by atoms with Gasteiger partial charge in [-0.05, 0) is 44.2 Å². The summed E-state index contributed by atoms with van der Waals surface area (Å²) in [4.78, 5) is 4.39. The Morgan fingerprint density at radius 3 is 2.48 bits per heavy atom. The number of aliphatic hydroxyl groups is 1. The molecule has 27 heavy (non-hydrogen) atoms. The van der Waals surface area contributed by atoms with E-state index in [1.165, 1.54) is 0 Å². The molecule has 148 valence electrons. The van der Waals surface area contributed by atoms with Crippen LogP contribution in [0.5, 0.6) is 5.75 Å². The smallest absolute Gasteiger partial charge is 0.150 e. The van der Waals surface area contributed by atoms with Gasteiger partial charge < -0.3 is 25.8 Å². The first-order valence-electron chi connectivity index (χ1n) is 9.70. The molecule has 4 N–H and O–H groups in total. The number of unbranched alkanes of at least 4 members (excludes halogenated alkanes) is 1. The molecule has 0 spiro atoms. The first-order chi connectivity index (χ1) is 13.2. The molecule has 6 heteroatoms. The van der Waals surface area contributed by atoms with Gasteiger partial charge in [-0.15, -0.1) is 0 Å². The number of likely N-dealkylation sites (N-methyl/N-ethyl adjacent to an activating group) is 1. The highest BCUT2D eigenvalue weighted by molar-refractivity contribution is 5.48. The summed E-state index contributed by atoms with van der Waals surface area (Å²) >= 11 is 0. The first-order valence-corrected chi connectivity index (χ1v) is 9.70. The van der Waals surface area contributed by atoms with Gasteiger partial charge >= 0.3 is 0 Å². The van der Waals surface area contributed by atoms with E-state index in [-0.39, 0.29) is 0 Å². The number of rotatable bonds is 12. The van der Waals surface area contributed by atoms with Crippen LogP contribution in [0.1, 0.15) is 44.9 Å². The van der Waals surface area contributed by atoms with Gasteiger partial charge in [0, 0.05) is 18.2 Å². The number of hydrogen-bond acceptors (Lipinski definition) is 6. The van der Waals surface area contributed by atoms with Crippen LogP contribution in [0.25, 0.3) is 0 Å². The lowest BCUT2D eigenvalue weighted by molar-refractivity contribution is 0.208. The largest absolute Gasteiger partial charge is 0.494 e. The second-order valence-corrected chi connectivity index (χ2v) is 6.52. The fourth-order valence-corrected chi connectivity index (χ4v) is 2.58. The number of nitrogens with one attached hydrogen (secondary N) is 3. The lowest BCUT2D eigenvalue weighted by atomic mass is 10.2. The van der Waals surface area contributed by atoms with E-state index < -0.39 is 6.23 Å². The van der Waals surface area contributed by atoms with Crippen LogP contribution in [0.3, 0.4) is 0 Å². The second kappa shape index (κ2) is 11.4. The minimum Gasteiger partial charge on any atom is -0.494 e. The number of pyridine rings is 1. The van der Waals surface area contributed by atoms with Crippen molar-refractivity contribution >= 4 is 11.5 Å². The van der Waals surface area contributed by atoms with Gasteiger partial charge in [0.25, 0.3) is 0 Å². The minimum absolute atomic E-state index is 0.417. The van der Waals surface area contributed by atoms with Gasteiger partial charge in [0.2, 0.25) is 0 Å². The quantitative estimate of drug-likeness (QED) is 0.336. The minimum atomic E-state index is -0.802. The van der Waals surface area contributed by atoms with Crippen molar-refractivity contribution in [1.29, 1.82) is 0 Å². The van der Waals surface area contributed by atoms with Gasteiger partial charge in [0.1, 0.15) is 11.6 Å². The average molecular weight is 373 g/mol. The highest BCUT2D eigenvalue weighted by Crippen LogP contribution is 2.20. The van der Waals surface area contributed by atoms with Gasteiger partial charge in [0.05, 0.1) is 18.5 Å². The predicted octanol–water partition coefficient (Wildman–Crippen LogP) is 3.77. The summed E-state index contributed by atoms with van der Waals surface area (Å²) in [6.45, 7) is 5.82. The van der Waals surface area contributed by atoms with Crippen molar-refractivity contribution in [1.82, 2.24) is 10.3 Å². The Balaban J connectivity index is 1.85. The molecule has 1 heterocycles. The number of anilines is 2. The number of aromatic nitrogens is 1. The highest BCUT2D eigenvalue weighted by atomic mass is 16.5. The molecule has 2 atom stereocenters. The zero-order valence-electron chi connectivity index (χ0n) is 16.5.